The monoisotopic (exact) mass is 324 g/mol. The van der Waals surface area contributed by atoms with Crippen molar-refractivity contribution in [3.8, 4) is 0 Å². The maximum atomic E-state index is 12.8. The number of benzene rings is 2. The Kier molecular flexibility index (Phi) is 4.22. The summed E-state index contributed by atoms with van der Waals surface area (Å²) in [4.78, 5) is 12.8. The summed E-state index contributed by atoms with van der Waals surface area (Å²) in [5.74, 6) is -0.652. The number of aliphatic hydroxyl groups excluding tert-OH is 1. The van der Waals surface area contributed by atoms with Crippen LogP contribution in [-0.4, -0.2) is 26.8 Å². The molecule has 3 rings (SSSR count). The Morgan fingerprint density at radius 2 is 1.75 bits per heavy atom. The largest absolute Gasteiger partial charge is 0.378 e. The topological polar surface area (TPSA) is 73.1 Å². The Morgan fingerprint density at radius 1 is 1.12 bits per heavy atom. The van der Waals surface area contributed by atoms with Gasteiger partial charge in [-0.25, -0.2) is 0 Å². The molecule has 1 aliphatic heterocycles. The van der Waals surface area contributed by atoms with E-state index in [1.165, 1.54) is 0 Å². The fourth-order valence-corrected chi connectivity index (χ4v) is 2.89. The van der Waals surface area contributed by atoms with E-state index in [-0.39, 0.29) is 6.42 Å². The molecule has 2 aromatic rings. The zero-order chi connectivity index (χ0) is 17.3. The van der Waals surface area contributed by atoms with Gasteiger partial charge in [0, 0.05) is 17.7 Å². The van der Waals surface area contributed by atoms with Crippen LogP contribution in [0.15, 0.2) is 59.7 Å². The van der Waals surface area contributed by atoms with Crippen LogP contribution in [-0.2, 0) is 10.5 Å². The average molecular weight is 324 g/mol. The molecule has 0 aromatic heterocycles. The van der Waals surface area contributed by atoms with Crippen molar-refractivity contribution in [3.05, 3.63) is 71.3 Å². The van der Waals surface area contributed by atoms with Gasteiger partial charge in [-0.3, -0.25) is 4.79 Å². The first-order valence-electron chi connectivity index (χ1n) is 7.82. The number of aryl methyl sites for hydroxylation is 1. The first-order valence-corrected chi connectivity index (χ1v) is 7.82. The van der Waals surface area contributed by atoms with Gasteiger partial charge in [0.05, 0.1) is 0 Å². The predicted octanol–water partition coefficient (Wildman–Crippen LogP) is 2.48. The van der Waals surface area contributed by atoms with E-state index in [0.717, 1.165) is 10.6 Å². The van der Waals surface area contributed by atoms with Crippen LogP contribution in [0.1, 0.15) is 36.1 Å². The van der Waals surface area contributed by atoms with Crippen molar-refractivity contribution in [2.45, 2.75) is 32.1 Å². The lowest BCUT2D eigenvalue weighted by Gasteiger charge is -2.32. The molecule has 5 nitrogen and oxygen atoms in total. The molecule has 1 aliphatic rings. The van der Waals surface area contributed by atoms with Crippen LogP contribution in [0.2, 0.25) is 0 Å². The lowest BCUT2D eigenvalue weighted by atomic mass is 9.96. The maximum absolute atomic E-state index is 12.8. The summed E-state index contributed by atoms with van der Waals surface area (Å²) in [5, 5.41) is 26.7. The van der Waals surface area contributed by atoms with Crippen molar-refractivity contribution in [1.82, 2.24) is 5.01 Å². The predicted molar refractivity (Wildman–Crippen MR) is 91.0 cm³/mol. The molecule has 1 heterocycles. The second-order valence-electron chi connectivity index (χ2n) is 6.16. The highest BCUT2D eigenvalue weighted by Crippen LogP contribution is 2.37. The number of hydrazone groups is 1. The van der Waals surface area contributed by atoms with Gasteiger partial charge in [-0.1, -0.05) is 60.2 Å². The van der Waals surface area contributed by atoms with Crippen molar-refractivity contribution in [1.29, 1.82) is 0 Å². The molecular weight excluding hydrogens is 304 g/mol. The summed E-state index contributed by atoms with van der Waals surface area (Å²) in [7, 11) is 0. The fourth-order valence-electron chi connectivity index (χ4n) is 2.89. The van der Waals surface area contributed by atoms with E-state index < -0.39 is 17.7 Å². The van der Waals surface area contributed by atoms with Gasteiger partial charge in [0.25, 0.3) is 5.91 Å². The van der Waals surface area contributed by atoms with E-state index in [4.69, 9.17) is 0 Å². The Labute approximate surface area is 140 Å². The molecule has 0 spiro atoms. The molecule has 1 amide bonds. The number of carbonyl (C=O) groups is 1. The first kappa shape index (κ1) is 16.4. The van der Waals surface area contributed by atoms with E-state index in [9.17, 15) is 15.0 Å². The zero-order valence-electron chi connectivity index (χ0n) is 13.7. The highest BCUT2D eigenvalue weighted by Gasteiger charge is 2.46. The van der Waals surface area contributed by atoms with E-state index in [1.54, 1.807) is 43.3 Å². The molecule has 2 atom stereocenters. The second kappa shape index (κ2) is 6.19. The molecule has 2 N–H and O–H groups in total. The minimum absolute atomic E-state index is 0.212. The van der Waals surface area contributed by atoms with Crippen molar-refractivity contribution in [2.75, 3.05) is 0 Å². The van der Waals surface area contributed by atoms with Gasteiger partial charge in [0.2, 0.25) is 0 Å². The van der Waals surface area contributed by atoms with Gasteiger partial charge in [0.1, 0.15) is 0 Å². The third kappa shape index (κ3) is 2.84. The molecule has 0 unspecified atom stereocenters. The minimum Gasteiger partial charge on any atom is -0.378 e. The molecule has 5 heteroatoms. The van der Waals surface area contributed by atoms with Crippen LogP contribution in [0.25, 0.3) is 0 Å². The molecule has 0 fully saturated rings. The SMILES string of the molecule is CC1=NN(C(=O)[C@H](O)c2ccccc2)[C@@](O)(c2ccc(C)cc2)C1. The Morgan fingerprint density at radius 3 is 2.38 bits per heavy atom. The summed E-state index contributed by atoms with van der Waals surface area (Å²) in [6.07, 6.45) is -1.17. The van der Waals surface area contributed by atoms with Crippen LogP contribution in [0.4, 0.5) is 0 Å². The number of aliphatic hydroxyl groups is 2. The van der Waals surface area contributed by atoms with Gasteiger partial charge < -0.3 is 10.2 Å². The molecule has 124 valence electrons. The summed E-state index contributed by atoms with van der Waals surface area (Å²) in [6, 6.07) is 15.9. The van der Waals surface area contributed by atoms with Crippen molar-refractivity contribution >= 4 is 11.6 Å². The van der Waals surface area contributed by atoms with Crippen molar-refractivity contribution in [3.63, 3.8) is 0 Å². The van der Waals surface area contributed by atoms with Crippen LogP contribution in [0.5, 0.6) is 0 Å². The van der Waals surface area contributed by atoms with Crippen LogP contribution in [0.3, 0.4) is 0 Å². The van der Waals surface area contributed by atoms with E-state index in [2.05, 4.69) is 5.10 Å². The van der Waals surface area contributed by atoms with Crippen LogP contribution >= 0.6 is 0 Å². The third-order valence-electron chi connectivity index (χ3n) is 4.20. The number of hydrogen-bond acceptors (Lipinski definition) is 4. The van der Waals surface area contributed by atoms with E-state index in [1.807, 2.05) is 25.1 Å². The normalized spacial score (nSPS) is 21.5. The number of amides is 1. The quantitative estimate of drug-likeness (QED) is 0.911. The lowest BCUT2D eigenvalue weighted by molar-refractivity contribution is -0.167. The van der Waals surface area contributed by atoms with E-state index in [0.29, 0.717) is 16.8 Å². The van der Waals surface area contributed by atoms with Crippen LogP contribution < -0.4 is 0 Å². The smallest absolute Gasteiger partial charge is 0.279 e. The summed E-state index contributed by atoms with van der Waals surface area (Å²) >= 11 is 0. The number of rotatable bonds is 3. The summed E-state index contributed by atoms with van der Waals surface area (Å²) < 4.78 is 0. The third-order valence-corrected chi connectivity index (χ3v) is 4.20. The average Bonchev–Trinajstić information content (AvgIpc) is 2.90. The van der Waals surface area contributed by atoms with Crippen LogP contribution in [0, 0.1) is 6.92 Å². The highest BCUT2D eigenvalue weighted by molar-refractivity contribution is 5.91. The lowest BCUT2D eigenvalue weighted by Crippen LogP contribution is -2.45. The van der Waals surface area contributed by atoms with Crippen molar-refractivity contribution < 1.29 is 15.0 Å². The molecule has 0 aliphatic carbocycles. The molecule has 0 saturated carbocycles. The summed E-state index contributed by atoms with van der Waals surface area (Å²) in [5.41, 5.74) is 1.15. The molecular formula is C19H20N2O3. The molecule has 2 aromatic carbocycles. The maximum Gasteiger partial charge on any atom is 0.279 e. The number of carbonyl (C=O) groups excluding carboxylic acids is 1. The standard InChI is InChI=1S/C19H20N2O3/c1-13-8-10-16(11-9-13)19(24)12-14(2)20-21(19)18(23)17(22)15-6-4-3-5-7-15/h3-11,17,22,24H,12H2,1-2H3/t17-,19+/m1/s1. The van der Waals surface area contributed by atoms with E-state index >= 15 is 0 Å². The molecule has 0 saturated heterocycles. The Bertz CT molecular complexity index is 771. The van der Waals surface area contributed by atoms with Crippen molar-refractivity contribution in [2.24, 2.45) is 5.10 Å². The van der Waals surface area contributed by atoms with Gasteiger partial charge in [-0.15, -0.1) is 0 Å². The van der Waals surface area contributed by atoms with Gasteiger partial charge in [-0.2, -0.15) is 10.1 Å². The minimum atomic E-state index is -1.58. The molecule has 0 radical (unpaired) electrons. The summed E-state index contributed by atoms with van der Waals surface area (Å²) in [6.45, 7) is 3.70. The van der Waals surface area contributed by atoms with Gasteiger partial charge in [0.15, 0.2) is 11.8 Å². The second-order valence-corrected chi connectivity index (χ2v) is 6.16. The first-order chi connectivity index (χ1) is 11.4. The van der Waals surface area contributed by atoms with Gasteiger partial charge in [-0.05, 0) is 19.4 Å². The Hall–Kier alpha value is -2.50. The molecule has 0 bridgehead atoms. The zero-order valence-corrected chi connectivity index (χ0v) is 13.7. The van der Waals surface area contributed by atoms with Gasteiger partial charge >= 0.3 is 0 Å². The fraction of sp³-hybridized carbons (Fsp3) is 0.263. The number of nitrogens with zero attached hydrogens (tertiary/aromatic N) is 2. The number of hydrogen-bond donors (Lipinski definition) is 2. The Balaban J connectivity index is 1.95. The highest BCUT2D eigenvalue weighted by atomic mass is 16.3. The molecule has 24 heavy (non-hydrogen) atoms.